The van der Waals surface area contributed by atoms with Crippen LogP contribution in [0.3, 0.4) is 0 Å². The number of amides is 1. The van der Waals surface area contributed by atoms with Crippen LogP contribution in [-0.4, -0.2) is 25.3 Å². The van der Waals surface area contributed by atoms with Crippen LogP contribution < -0.4 is 10.9 Å². The van der Waals surface area contributed by atoms with Crippen molar-refractivity contribution < 1.29 is 14.6 Å². The van der Waals surface area contributed by atoms with E-state index in [1.165, 1.54) is 36.7 Å². The molecule has 3 rings (SSSR count). The third kappa shape index (κ3) is 3.82. The van der Waals surface area contributed by atoms with Gasteiger partial charge in [0.15, 0.2) is 0 Å². The lowest BCUT2D eigenvalue weighted by Crippen LogP contribution is -2.24. The van der Waals surface area contributed by atoms with Gasteiger partial charge in [0.05, 0.1) is 27.1 Å². The number of carbonyl (C=O) groups is 1. The highest BCUT2D eigenvalue weighted by Gasteiger charge is 2.15. The first-order valence-corrected chi connectivity index (χ1v) is 8.03. The van der Waals surface area contributed by atoms with E-state index in [1.807, 2.05) is 0 Å². The summed E-state index contributed by atoms with van der Waals surface area (Å²) in [7, 11) is 0. The number of carbonyl (C=O) groups excluding carboxylic acids is 1. The number of nitrogens with zero attached hydrogens (tertiary/aromatic N) is 4. The number of fused-ring (bicyclic) bond motifs is 1. The fraction of sp³-hybridized carbons (Fsp3) is 0.118. The minimum absolute atomic E-state index is 0.0447. The molecule has 0 aliphatic carbocycles. The maximum atomic E-state index is 12.5. The summed E-state index contributed by atoms with van der Waals surface area (Å²) >= 11 is 0. The molecule has 0 saturated carbocycles. The first-order valence-electron chi connectivity index (χ1n) is 8.03. The number of non-ortho nitro benzene ring substituents is 1. The van der Waals surface area contributed by atoms with E-state index in [9.17, 15) is 29.8 Å². The Kier molecular flexibility index (Phi) is 5.07. The lowest BCUT2D eigenvalue weighted by molar-refractivity contribution is -0.384. The standard InChI is InChI=1S/C17H13N5O6/c23-16(19-14-3-1-2-4-15(14)22(27)28)7-8-20-10-18-13-6-5-11(21(25)26)9-12(13)17(20)24/h1-6,9-10H,7-8H2,(H,19,23). The van der Waals surface area contributed by atoms with Gasteiger partial charge in [-0.05, 0) is 12.1 Å². The van der Waals surface area contributed by atoms with Crippen LogP contribution in [-0.2, 0) is 11.3 Å². The van der Waals surface area contributed by atoms with E-state index in [2.05, 4.69) is 10.3 Å². The Labute approximate surface area is 156 Å². The van der Waals surface area contributed by atoms with Crippen LogP contribution in [0.25, 0.3) is 10.9 Å². The molecule has 3 aromatic rings. The van der Waals surface area contributed by atoms with Gasteiger partial charge in [-0.25, -0.2) is 4.98 Å². The number of aryl methyl sites for hydroxylation is 1. The molecular formula is C17H13N5O6. The summed E-state index contributed by atoms with van der Waals surface area (Å²) in [4.78, 5) is 49.3. The Morgan fingerprint density at radius 1 is 1.11 bits per heavy atom. The normalized spacial score (nSPS) is 10.6. The molecule has 0 unspecified atom stereocenters. The molecule has 0 aliphatic heterocycles. The van der Waals surface area contributed by atoms with E-state index in [0.717, 1.165) is 10.6 Å². The predicted molar refractivity (Wildman–Crippen MR) is 99.0 cm³/mol. The molecule has 28 heavy (non-hydrogen) atoms. The van der Waals surface area contributed by atoms with Crippen molar-refractivity contribution in [2.75, 3.05) is 5.32 Å². The Hall–Kier alpha value is -4.15. The second-order valence-corrected chi connectivity index (χ2v) is 5.77. The average molecular weight is 383 g/mol. The zero-order valence-corrected chi connectivity index (χ0v) is 14.3. The zero-order chi connectivity index (χ0) is 20.3. The minimum Gasteiger partial charge on any atom is -0.320 e. The molecule has 2 aromatic carbocycles. The number of nitro groups is 2. The Morgan fingerprint density at radius 2 is 1.86 bits per heavy atom. The molecule has 1 aromatic heterocycles. The number of nitrogens with one attached hydrogen (secondary N) is 1. The highest BCUT2D eigenvalue weighted by Crippen LogP contribution is 2.23. The number of hydrogen-bond acceptors (Lipinski definition) is 7. The number of hydrogen-bond donors (Lipinski definition) is 1. The summed E-state index contributed by atoms with van der Waals surface area (Å²) in [5.74, 6) is -0.527. The molecule has 0 saturated heterocycles. The van der Waals surface area contributed by atoms with Crippen LogP contribution >= 0.6 is 0 Å². The first-order chi connectivity index (χ1) is 13.4. The van der Waals surface area contributed by atoms with Crippen molar-refractivity contribution in [2.24, 2.45) is 0 Å². The van der Waals surface area contributed by atoms with Crippen molar-refractivity contribution in [3.63, 3.8) is 0 Å². The lowest BCUT2D eigenvalue weighted by atomic mass is 10.2. The van der Waals surface area contributed by atoms with Crippen molar-refractivity contribution in [3.8, 4) is 0 Å². The summed E-state index contributed by atoms with van der Waals surface area (Å²) in [6.07, 6.45) is 1.10. The summed E-state index contributed by atoms with van der Waals surface area (Å²) in [5, 5.41) is 24.4. The van der Waals surface area contributed by atoms with Crippen molar-refractivity contribution in [1.82, 2.24) is 9.55 Å². The van der Waals surface area contributed by atoms with Crippen molar-refractivity contribution in [1.29, 1.82) is 0 Å². The van der Waals surface area contributed by atoms with Crippen LogP contribution in [0.2, 0.25) is 0 Å². The van der Waals surface area contributed by atoms with Gasteiger partial charge in [0.25, 0.3) is 16.9 Å². The highest BCUT2D eigenvalue weighted by molar-refractivity contribution is 5.93. The van der Waals surface area contributed by atoms with Gasteiger partial charge in [-0.15, -0.1) is 0 Å². The van der Waals surface area contributed by atoms with Gasteiger partial charge in [-0.1, -0.05) is 12.1 Å². The van der Waals surface area contributed by atoms with Gasteiger partial charge in [0.2, 0.25) is 5.91 Å². The molecular weight excluding hydrogens is 370 g/mol. The fourth-order valence-corrected chi connectivity index (χ4v) is 2.59. The van der Waals surface area contributed by atoms with Crippen molar-refractivity contribution in [3.05, 3.63) is 79.4 Å². The van der Waals surface area contributed by atoms with Crippen LogP contribution in [0.15, 0.2) is 53.6 Å². The molecule has 0 bridgehead atoms. The first kappa shape index (κ1) is 18.6. The molecule has 1 N–H and O–H groups in total. The SMILES string of the molecule is O=C(CCn1cnc2ccc([N+](=O)[O-])cc2c1=O)Nc1ccccc1[N+](=O)[O-]. The molecule has 0 radical (unpaired) electrons. The average Bonchev–Trinajstić information content (AvgIpc) is 2.67. The Bertz CT molecular complexity index is 1160. The van der Waals surface area contributed by atoms with Crippen LogP contribution in [0, 0.1) is 20.2 Å². The van der Waals surface area contributed by atoms with E-state index in [-0.39, 0.29) is 35.4 Å². The summed E-state index contributed by atoms with van der Waals surface area (Å²) < 4.78 is 1.16. The van der Waals surface area contributed by atoms with E-state index < -0.39 is 21.3 Å². The van der Waals surface area contributed by atoms with Gasteiger partial charge in [0, 0.05) is 31.2 Å². The fourth-order valence-electron chi connectivity index (χ4n) is 2.59. The maximum absolute atomic E-state index is 12.5. The molecule has 0 atom stereocenters. The predicted octanol–water partition coefficient (Wildman–Crippen LogP) is 2.24. The smallest absolute Gasteiger partial charge is 0.292 e. The van der Waals surface area contributed by atoms with Crippen molar-refractivity contribution >= 4 is 33.9 Å². The third-order valence-electron chi connectivity index (χ3n) is 3.97. The third-order valence-corrected chi connectivity index (χ3v) is 3.97. The maximum Gasteiger partial charge on any atom is 0.292 e. The Morgan fingerprint density at radius 3 is 2.57 bits per heavy atom. The lowest BCUT2D eigenvalue weighted by Gasteiger charge is -2.08. The van der Waals surface area contributed by atoms with Crippen LogP contribution in [0.1, 0.15) is 6.42 Å². The number of para-hydroxylation sites is 2. The number of anilines is 1. The molecule has 142 valence electrons. The van der Waals surface area contributed by atoms with E-state index in [1.54, 1.807) is 6.07 Å². The molecule has 1 amide bonds. The van der Waals surface area contributed by atoms with Gasteiger partial charge in [-0.3, -0.25) is 34.4 Å². The number of nitro benzene ring substituents is 2. The second kappa shape index (κ2) is 7.61. The molecule has 11 nitrogen and oxygen atoms in total. The number of benzene rings is 2. The molecule has 0 aliphatic rings. The number of rotatable bonds is 6. The van der Waals surface area contributed by atoms with Gasteiger partial charge in [0.1, 0.15) is 5.69 Å². The zero-order valence-electron chi connectivity index (χ0n) is 14.3. The van der Waals surface area contributed by atoms with Crippen LogP contribution in [0.5, 0.6) is 0 Å². The Balaban J connectivity index is 1.77. The van der Waals surface area contributed by atoms with Crippen LogP contribution in [0.4, 0.5) is 17.1 Å². The van der Waals surface area contributed by atoms with Crippen molar-refractivity contribution in [2.45, 2.75) is 13.0 Å². The molecule has 0 spiro atoms. The second-order valence-electron chi connectivity index (χ2n) is 5.77. The number of aromatic nitrogens is 2. The van der Waals surface area contributed by atoms with Gasteiger partial charge in [-0.2, -0.15) is 0 Å². The molecule has 11 heteroatoms. The minimum atomic E-state index is -0.615. The van der Waals surface area contributed by atoms with Gasteiger partial charge >= 0.3 is 0 Å². The molecule has 0 fully saturated rings. The van der Waals surface area contributed by atoms with E-state index in [4.69, 9.17) is 0 Å². The summed E-state index contributed by atoms with van der Waals surface area (Å²) in [6.45, 7) is -0.0447. The van der Waals surface area contributed by atoms with E-state index >= 15 is 0 Å². The van der Waals surface area contributed by atoms with Gasteiger partial charge < -0.3 is 5.32 Å². The quantitative estimate of drug-likeness (QED) is 0.506. The highest BCUT2D eigenvalue weighted by atomic mass is 16.6. The van der Waals surface area contributed by atoms with E-state index in [0.29, 0.717) is 5.52 Å². The summed E-state index contributed by atoms with van der Waals surface area (Å²) in [6, 6.07) is 9.45. The monoisotopic (exact) mass is 383 g/mol. The largest absolute Gasteiger partial charge is 0.320 e. The summed E-state index contributed by atoms with van der Waals surface area (Å²) in [5.41, 5.74) is -0.647. The molecule has 1 heterocycles. The topological polar surface area (TPSA) is 150 Å².